The molecule has 31 heavy (non-hydrogen) atoms. The van der Waals surface area contributed by atoms with Crippen LogP contribution in [0.4, 0.5) is 5.69 Å². The van der Waals surface area contributed by atoms with Crippen LogP contribution >= 0.6 is 0 Å². The molecular formula is C24H29N3O4. The van der Waals surface area contributed by atoms with E-state index < -0.39 is 6.10 Å². The number of amides is 2. The number of hydrogen-bond donors (Lipinski definition) is 1. The summed E-state index contributed by atoms with van der Waals surface area (Å²) in [5.41, 5.74) is 1.76. The quantitative estimate of drug-likeness (QED) is 0.774. The number of nitrogens with one attached hydrogen (secondary N) is 1. The van der Waals surface area contributed by atoms with Crippen molar-refractivity contribution in [3.05, 3.63) is 54.1 Å². The highest BCUT2D eigenvalue weighted by atomic mass is 16.5. The lowest BCUT2D eigenvalue weighted by molar-refractivity contribution is -0.128. The third-order valence-corrected chi connectivity index (χ3v) is 6.00. The van der Waals surface area contributed by atoms with E-state index in [2.05, 4.69) is 16.3 Å². The third-order valence-electron chi connectivity index (χ3n) is 6.00. The summed E-state index contributed by atoms with van der Waals surface area (Å²) in [7, 11) is 1.67. The highest BCUT2D eigenvalue weighted by Gasteiger charge is 2.33. The number of benzene rings is 2. The zero-order valence-corrected chi connectivity index (χ0v) is 18.0. The smallest absolute Gasteiger partial charge is 0.263 e. The van der Waals surface area contributed by atoms with Gasteiger partial charge in [0.15, 0.2) is 6.10 Å². The van der Waals surface area contributed by atoms with Crippen molar-refractivity contribution in [3.63, 3.8) is 0 Å². The average Bonchev–Trinajstić information content (AvgIpc) is 3.33. The molecule has 2 aliphatic rings. The molecule has 2 unspecified atom stereocenters. The van der Waals surface area contributed by atoms with Crippen molar-refractivity contribution in [2.75, 3.05) is 38.2 Å². The van der Waals surface area contributed by atoms with E-state index in [-0.39, 0.29) is 24.4 Å². The van der Waals surface area contributed by atoms with Crippen LogP contribution in [0.25, 0.3) is 0 Å². The van der Waals surface area contributed by atoms with E-state index in [9.17, 15) is 9.59 Å². The number of likely N-dealkylation sites (tertiary alicyclic amines) is 1. The average molecular weight is 424 g/mol. The van der Waals surface area contributed by atoms with Crippen molar-refractivity contribution in [3.8, 4) is 11.5 Å². The molecule has 4 rings (SSSR count). The van der Waals surface area contributed by atoms with Gasteiger partial charge in [-0.2, -0.15) is 0 Å². The van der Waals surface area contributed by atoms with Crippen molar-refractivity contribution in [2.45, 2.75) is 31.9 Å². The topological polar surface area (TPSA) is 71.1 Å². The summed E-state index contributed by atoms with van der Waals surface area (Å²) in [5, 5.41) is 3.07. The maximum atomic E-state index is 13.1. The normalized spacial score (nSPS) is 19.3. The van der Waals surface area contributed by atoms with Crippen LogP contribution in [0.15, 0.2) is 48.5 Å². The molecule has 164 valence electrons. The molecule has 0 saturated carbocycles. The van der Waals surface area contributed by atoms with E-state index in [0.29, 0.717) is 18.0 Å². The molecule has 2 aromatic rings. The van der Waals surface area contributed by atoms with Gasteiger partial charge in [0.05, 0.1) is 25.4 Å². The molecule has 7 heteroatoms. The van der Waals surface area contributed by atoms with E-state index in [1.165, 1.54) is 6.92 Å². The van der Waals surface area contributed by atoms with Gasteiger partial charge in [-0.25, -0.2) is 0 Å². The van der Waals surface area contributed by atoms with Gasteiger partial charge in [-0.1, -0.05) is 30.3 Å². The minimum atomic E-state index is -0.754. The van der Waals surface area contributed by atoms with Crippen LogP contribution in [-0.4, -0.2) is 56.1 Å². The van der Waals surface area contributed by atoms with Crippen molar-refractivity contribution in [2.24, 2.45) is 0 Å². The molecule has 2 amide bonds. The molecule has 2 heterocycles. The number of nitrogens with zero attached hydrogens (tertiary/aromatic N) is 2. The molecule has 0 aliphatic carbocycles. The number of anilines is 1. The van der Waals surface area contributed by atoms with Gasteiger partial charge in [0.1, 0.15) is 11.5 Å². The number of fused-ring (bicyclic) bond motifs is 1. The second kappa shape index (κ2) is 9.39. The molecule has 0 aromatic heterocycles. The van der Waals surface area contributed by atoms with Crippen LogP contribution in [-0.2, 0) is 9.59 Å². The van der Waals surface area contributed by atoms with Gasteiger partial charge < -0.3 is 19.7 Å². The monoisotopic (exact) mass is 423 g/mol. The van der Waals surface area contributed by atoms with Crippen LogP contribution in [0.5, 0.6) is 11.5 Å². The Hall–Kier alpha value is -3.06. The fraction of sp³-hybridized carbons (Fsp3) is 0.417. The van der Waals surface area contributed by atoms with Gasteiger partial charge in [0.2, 0.25) is 5.91 Å². The van der Waals surface area contributed by atoms with E-state index >= 15 is 0 Å². The number of para-hydroxylation sites is 3. The number of methoxy groups -OCH3 is 1. The molecule has 1 saturated heterocycles. The second-order valence-electron chi connectivity index (χ2n) is 7.95. The minimum absolute atomic E-state index is 0.0161. The Morgan fingerprint density at radius 3 is 2.58 bits per heavy atom. The molecule has 2 aromatic carbocycles. The zero-order valence-electron chi connectivity index (χ0n) is 18.0. The Balaban J connectivity index is 1.50. The summed E-state index contributed by atoms with van der Waals surface area (Å²) in [4.78, 5) is 29.2. The second-order valence-corrected chi connectivity index (χ2v) is 7.95. The highest BCUT2D eigenvalue weighted by Crippen LogP contribution is 2.34. The van der Waals surface area contributed by atoms with Gasteiger partial charge in [-0.05, 0) is 44.1 Å². The standard InChI is InChI=1S/C24H29N3O4/c1-17(28)27-16-23(31-22-12-6-4-10-19(22)27)24(29)25-15-20(26-13-7-8-14-26)18-9-3-5-11-21(18)30-2/h3-6,9-12,20,23H,7-8,13-16H2,1-2H3,(H,25,29). The highest BCUT2D eigenvalue weighted by molar-refractivity contribution is 5.95. The molecule has 7 nitrogen and oxygen atoms in total. The molecule has 1 fully saturated rings. The predicted molar refractivity (Wildman–Crippen MR) is 118 cm³/mol. The number of rotatable bonds is 6. The Labute approximate surface area is 182 Å². The van der Waals surface area contributed by atoms with Crippen LogP contribution in [0.1, 0.15) is 31.4 Å². The van der Waals surface area contributed by atoms with E-state index in [4.69, 9.17) is 9.47 Å². The first-order valence-corrected chi connectivity index (χ1v) is 10.8. The lowest BCUT2D eigenvalue weighted by atomic mass is 10.0. The van der Waals surface area contributed by atoms with Gasteiger partial charge in [-0.3, -0.25) is 14.5 Å². The van der Waals surface area contributed by atoms with Crippen LogP contribution in [0, 0.1) is 0 Å². The van der Waals surface area contributed by atoms with Crippen molar-refractivity contribution >= 4 is 17.5 Å². The summed E-state index contributed by atoms with van der Waals surface area (Å²) in [6.07, 6.45) is 1.54. The summed E-state index contributed by atoms with van der Waals surface area (Å²) >= 11 is 0. The van der Waals surface area contributed by atoms with Crippen molar-refractivity contribution in [1.82, 2.24) is 10.2 Å². The number of hydrogen-bond acceptors (Lipinski definition) is 5. The predicted octanol–water partition coefficient (Wildman–Crippen LogP) is 2.76. The lowest BCUT2D eigenvalue weighted by Crippen LogP contribution is -2.51. The zero-order chi connectivity index (χ0) is 21.8. The van der Waals surface area contributed by atoms with Crippen molar-refractivity contribution < 1.29 is 19.1 Å². The third kappa shape index (κ3) is 4.51. The summed E-state index contributed by atoms with van der Waals surface area (Å²) in [6.45, 7) is 4.12. The lowest BCUT2D eigenvalue weighted by Gasteiger charge is -2.34. The maximum Gasteiger partial charge on any atom is 0.263 e. The first kappa shape index (κ1) is 21.2. The molecule has 2 aliphatic heterocycles. The first-order chi connectivity index (χ1) is 15.1. The van der Waals surface area contributed by atoms with Crippen LogP contribution < -0.4 is 19.7 Å². The van der Waals surface area contributed by atoms with Gasteiger partial charge in [-0.15, -0.1) is 0 Å². The SMILES string of the molecule is COc1ccccc1C(CNC(=O)C1CN(C(C)=O)c2ccccc2O1)N1CCCC1. The van der Waals surface area contributed by atoms with E-state index in [0.717, 1.165) is 37.2 Å². The Kier molecular flexibility index (Phi) is 6.42. The summed E-state index contributed by atoms with van der Waals surface area (Å²) in [6, 6.07) is 15.3. The Morgan fingerprint density at radius 1 is 1.13 bits per heavy atom. The van der Waals surface area contributed by atoms with E-state index in [1.54, 1.807) is 18.1 Å². The van der Waals surface area contributed by atoms with Crippen LogP contribution in [0.3, 0.4) is 0 Å². The minimum Gasteiger partial charge on any atom is -0.496 e. The fourth-order valence-corrected chi connectivity index (χ4v) is 4.41. The summed E-state index contributed by atoms with van der Waals surface area (Å²) < 4.78 is 11.5. The van der Waals surface area contributed by atoms with E-state index in [1.807, 2.05) is 36.4 Å². The first-order valence-electron chi connectivity index (χ1n) is 10.8. The van der Waals surface area contributed by atoms with Gasteiger partial charge in [0, 0.05) is 19.0 Å². The molecule has 1 N–H and O–H groups in total. The largest absolute Gasteiger partial charge is 0.496 e. The van der Waals surface area contributed by atoms with Crippen LogP contribution in [0.2, 0.25) is 0 Å². The maximum absolute atomic E-state index is 13.1. The molecule has 0 spiro atoms. The number of ether oxygens (including phenoxy) is 2. The molecule has 0 bridgehead atoms. The Morgan fingerprint density at radius 2 is 1.84 bits per heavy atom. The van der Waals surface area contributed by atoms with Gasteiger partial charge in [0.25, 0.3) is 5.91 Å². The van der Waals surface area contributed by atoms with Gasteiger partial charge >= 0.3 is 0 Å². The Bertz CT molecular complexity index is 942. The summed E-state index contributed by atoms with van der Waals surface area (Å²) in [5.74, 6) is 1.03. The number of carbonyl (C=O) groups is 2. The molecule has 2 atom stereocenters. The van der Waals surface area contributed by atoms with Crippen molar-refractivity contribution in [1.29, 1.82) is 0 Å². The molecule has 0 radical (unpaired) electrons. The molecular weight excluding hydrogens is 394 g/mol. The fourth-order valence-electron chi connectivity index (χ4n) is 4.41. The number of carbonyl (C=O) groups excluding carboxylic acids is 2.